The minimum atomic E-state index is -3.97. The van der Waals surface area contributed by atoms with Gasteiger partial charge in [-0.3, -0.25) is 9.62 Å². The first-order valence-corrected chi connectivity index (χ1v) is 11.2. The Hall–Kier alpha value is -3.05. The number of aromatic nitrogens is 3. The lowest BCUT2D eigenvalue weighted by Gasteiger charge is -2.35. The number of aryl methyl sites for hydroxylation is 1. The van der Waals surface area contributed by atoms with E-state index in [9.17, 15) is 17.2 Å². The lowest BCUT2D eigenvalue weighted by atomic mass is 10.3. The first-order chi connectivity index (χ1) is 14.8. The summed E-state index contributed by atoms with van der Waals surface area (Å²) in [6.07, 6.45) is 4.97. The molecule has 1 aromatic carbocycles. The van der Waals surface area contributed by atoms with E-state index in [1.165, 1.54) is 12.3 Å². The van der Waals surface area contributed by atoms with E-state index in [0.717, 1.165) is 56.7 Å². The molecule has 1 fully saturated rings. The summed E-state index contributed by atoms with van der Waals surface area (Å²) in [7, 11) is -2.00. The van der Waals surface area contributed by atoms with Crippen molar-refractivity contribution in [3.05, 3.63) is 66.4 Å². The number of imidazole rings is 1. The molecule has 0 saturated carbocycles. The van der Waals surface area contributed by atoms with Crippen LogP contribution in [0.3, 0.4) is 0 Å². The Morgan fingerprint density at radius 3 is 2.42 bits per heavy atom. The topological polar surface area (TPSA) is 83.4 Å². The smallest absolute Gasteiger partial charge is 0.263 e. The maximum atomic E-state index is 13.3. The molecule has 1 aliphatic rings. The number of benzene rings is 1. The molecule has 0 unspecified atom stereocenters. The molecule has 11 heteroatoms. The Morgan fingerprint density at radius 1 is 1.03 bits per heavy atom. The van der Waals surface area contributed by atoms with Crippen molar-refractivity contribution >= 4 is 21.5 Å². The predicted molar refractivity (Wildman–Crippen MR) is 112 cm³/mol. The summed E-state index contributed by atoms with van der Waals surface area (Å²) in [6, 6.07) is 5.91. The lowest BCUT2D eigenvalue weighted by Crippen LogP contribution is -2.46. The minimum absolute atomic E-state index is 0.0607. The average Bonchev–Trinajstić information content (AvgIpc) is 3.16. The van der Waals surface area contributed by atoms with E-state index < -0.39 is 21.7 Å². The van der Waals surface area contributed by atoms with E-state index in [0.29, 0.717) is 5.82 Å². The number of nitrogens with one attached hydrogen (secondary N) is 1. The van der Waals surface area contributed by atoms with Crippen molar-refractivity contribution in [1.29, 1.82) is 0 Å². The van der Waals surface area contributed by atoms with Gasteiger partial charge in [-0.15, -0.1) is 0 Å². The molecule has 0 aliphatic carbocycles. The van der Waals surface area contributed by atoms with Gasteiger partial charge in [0.05, 0.1) is 12.2 Å². The van der Waals surface area contributed by atoms with Gasteiger partial charge in [0.15, 0.2) is 11.6 Å². The first kappa shape index (κ1) is 21.2. The predicted octanol–water partition coefficient (Wildman–Crippen LogP) is 2.22. The Labute approximate surface area is 179 Å². The molecule has 1 N–H and O–H groups in total. The van der Waals surface area contributed by atoms with Gasteiger partial charge in [0, 0.05) is 57.9 Å². The van der Waals surface area contributed by atoms with Gasteiger partial charge in [-0.2, -0.15) is 0 Å². The summed E-state index contributed by atoms with van der Waals surface area (Å²) in [5, 5.41) is 0. The highest BCUT2D eigenvalue weighted by Crippen LogP contribution is 2.20. The highest BCUT2D eigenvalue weighted by molar-refractivity contribution is 7.92. The zero-order chi connectivity index (χ0) is 22.0. The molecule has 31 heavy (non-hydrogen) atoms. The third kappa shape index (κ3) is 4.83. The molecule has 0 amide bonds. The maximum Gasteiger partial charge on any atom is 0.263 e. The number of sulfonamides is 1. The van der Waals surface area contributed by atoms with Crippen LogP contribution in [-0.2, 0) is 23.6 Å². The summed E-state index contributed by atoms with van der Waals surface area (Å²) in [5.74, 6) is -0.484. The van der Waals surface area contributed by atoms with Gasteiger partial charge >= 0.3 is 0 Å². The number of hydrogen-bond donors (Lipinski definition) is 1. The second-order valence-corrected chi connectivity index (χ2v) is 8.99. The fraction of sp³-hybridized carbons (Fsp3) is 0.300. The summed E-state index contributed by atoms with van der Waals surface area (Å²) in [5.41, 5.74) is -0.0631. The number of halogens is 2. The highest BCUT2D eigenvalue weighted by atomic mass is 32.2. The monoisotopic (exact) mass is 448 g/mol. The SMILES string of the molecule is Cn1ccnc1CN1CCN(c2ccc(S(=O)(=O)Nc3ccc(F)c(F)c3)cn2)CC1. The van der Waals surface area contributed by atoms with E-state index in [2.05, 4.69) is 24.5 Å². The maximum absolute atomic E-state index is 13.3. The summed E-state index contributed by atoms with van der Waals surface area (Å²) >= 11 is 0. The first-order valence-electron chi connectivity index (χ1n) is 9.69. The number of piperazine rings is 1. The summed E-state index contributed by atoms with van der Waals surface area (Å²) < 4.78 is 55.6. The van der Waals surface area contributed by atoms with Crippen LogP contribution in [0.5, 0.6) is 0 Å². The number of pyridine rings is 1. The average molecular weight is 448 g/mol. The zero-order valence-electron chi connectivity index (χ0n) is 16.9. The molecule has 1 aliphatic heterocycles. The van der Waals surface area contributed by atoms with Gasteiger partial charge in [0.25, 0.3) is 10.0 Å². The summed E-state index contributed by atoms with van der Waals surface area (Å²) in [4.78, 5) is 13.0. The van der Waals surface area contributed by atoms with Crippen LogP contribution in [0.4, 0.5) is 20.3 Å². The Morgan fingerprint density at radius 2 is 1.81 bits per heavy atom. The van der Waals surface area contributed by atoms with E-state index in [4.69, 9.17) is 0 Å². The number of hydrogen-bond acceptors (Lipinski definition) is 6. The molecule has 0 bridgehead atoms. The summed E-state index contributed by atoms with van der Waals surface area (Å²) in [6.45, 7) is 3.98. The van der Waals surface area contributed by atoms with Gasteiger partial charge < -0.3 is 9.47 Å². The second kappa shape index (κ2) is 8.60. The van der Waals surface area contributed by atoms with Crippen LogP contribution >= 0.6 is 0 Å². The van der Waals surface area contributed by atoms with Crippen molar-refractivity contribution in [2.75, 3.05) is 35.8 Å². The molecule has 164 valence electrons. The van der Waals surface area contributed by atoms with Crippen LogP contribution in [0.2, 0.25) is 0 Å². The largest absolute Gasteiger partial charge is 0.354 e. The van der Waals surface area contributed by atoms with Crippen molar-refractivity contribution in [2.24, 2.45) is 7.05 Å². The third-order valence-corrected chi connectivity index (χ3v) is 6.55. The van der Waals surface area contributed by atoms with Gasteiger partial charge in [-0.25, -0.2) is 27.2 Å². The van der Waals surface area contributed by atoms with Gasteiger partial charge in [0.2, 0.25) is 0 Å². The molecule has 3 heterocycles. The van der Waals surface area contributed by atoms with Gasteiger partial charge in [-0.1, -0.05) is 0 Å². The second-order valence-electron chi connectivity index (χ2n) is 7.30. The normalized spacial score (nSPS) is 15.3. The van der Waals surface area contributed by atoms with Crippen LogP contribution in [0.25, 0.3) is 0 Å². The Kier molecular flexibility index (Phi) is 5.88. The van der Waals surface area contributed by atoms with Crippen LogP contribution in [0.1, 0.15) is 5.82 Å². The van der Waals surface area contributed by atoms with Gasteiger partial charge in [0.1, 0.15) is 16.5 Å². The molecule has 8 nitrogen and oxygen atoms in total. The minimum Gasteiger partial charge on any atom is -0.354 e. The van der Waals surface area contributed by atoms with Crippen molar-refractivity contribution in [2.45, 2.75) is 11.4 Å². The quantitative estimate of drug-likeness (QED) is 0.623. The van der Waals surface area contributed by atoms with Crippen LogP contribution < -0.4 is 9.62 Å². The highest BCUT2D eigenvalue weighted by Gasteiger charge is 2.21. The van der Waals surface area contributed by atoms with Crippen molar-refractivity contribution in [3.63, 3.8) is 0 Å². The van der Waals surface area contributed by atoms with E-state index >= 15 is 0 Å². The van der Waals surface area contributed by atoms with E-state index in [1.54, 1.807) is 12.3 Å². The fourth-order valence-electron chi connectivity index (χ4n) is 3.38. The Balaban J connectivity index is 1.37. The molecule has 0 atom stereocenters. The van der Waals surface area contributed by atoms with Crippen molar-refractivity contribution in [1.82, 2.24) is 19.4 Å². The molecule has 1 saturated heterocycles. The van der Waals surface area contributed by atoms with Gasteiger partial charge in [-0.05, 0) is 24.3 Å². The number of anilines is 2. The van der Waals surface area contributed by atoms with Crippen LogP contribution in [0.15, 0.2) is 53.8 Å². The lowest BCUT2D eigenvalue weighted by molar-refractivity contribution is 0.241. The van der Waals surface area contributed by atoms with Crippen LogP contribution in [-0.4, -0.2) is 54.0 Å². The van der Waals surface area contributed by atoms with E-state index in [-0.39, 0.29) is 10.6 Å². The number of nitrogens with zero attached hydrogens (tertiary/aromatic N) is 5. The fourth-order valence-corrected chi connectivity index (χ4v) is 4.37. The zero-order valence-corrected chi connectivity index (χ0v) is 17.7. The molecular formula is C20H22F2N6O2S. The van der Waals surface area contributed by atoms with E-state index in [1.807, 2.05) is 17.8 Å². The molecule has 0 spiro atoms. The van der Waals surface area contributed by atoms with Crippen LogP contribution in [0, 0.1) is 11.6 Å². The standard InChI is InChI=1S/C20H22F2N6O2S/c1-26-7-6-23-20(26)14-27-8-10-28(11-9-27)19-5-3-16(13-24-19)31(29,30)25-15-2-4-17(21)18(22)12-15/h2-7,12-13,25H,8-11,14H2,1H3. The van der Waals surface area contributed by atoms with Crippen molar-refractivity contribution < 1.29 is 17.2 Å². The van der Waals surface area contributed by atoms with Crippen molar-refractivity contribution in [3.8, 4) is 0 Å². The molecule has 2 aromatic heterocycles. The number of rotatable bonds is 6. The Bertz CT molecular complexity index is 1160. The third-order valence-electron chi connectivity index (χ3n) is 5.19. The molecule has 0 radical (unpaired) electrons. The molecule has 4 rings (SSSR count). The molecule has 3 aromatic rings. The molecular weight excluding hydrogens is 426 g/mol.